The van der Waals surface area contributed by atoms with E-state index in [-0.39, 0.29) is 11.2 Å². The quantitative estimate of drug-likeness (QED) is 0.847. The lowest BCUT2D eigenvalue weighted by atomic mass is 10.3. The molecule has 1 aliphatic heterocycles. The van der Waals surface area contributed by atoms with Gasteiger partial charge in [0.05, 0.1) is 0 Å². The third-order valence-corrected chi connectivity index (χ3v) is 3.10. The molecule has 0 aromatic carbocycles. The van der Waals surface area contributed by atoms with E-state index < -0.39 is 0 Å². The van der Waals surface area contributed by atoms with Gasteiger partial charge in [-0.2, -0.15) is 0 Å². The highest BCUT2D eigenvalue weighted by atomic mass is 35.5. The Bertz CT molecular complexity index is 412. The summed E-state index contributed by atoms with van der Waals surface area (Å²) in [4.78, 5) is 21.7. The van der Waals surface area contributed by atoms with Crippen molar-refractivity contribution in [3.63, 3.8) is 0 Å². The van der Waals surface area contributed by atoms with E-state index in [2.05, 4.69) is 15.3 Å². The minimum absolute atomic E-state index is 0.205. The van der Waals surface area contributed by atoms with Gasteiger partial charge < -0.3 is 10.2 Å². The lowest BCUT2D eigenvalue weighted by molar-refractivity contribution is -0.129. The Morgan fingerprint density at radius 1 is 1.44 bits per heavy atom. The zero-order chi connectivity index (χ0) is 13.0. The summed E-state index contributed by atoms with van der Waals surface area (Å²) >= 11 is 5.76. The first-order valence-corrected chi connectivity index (χ1v) is 6.56. The van der Waals surface area contributed by atoms with Gasteiger partial charge in [-0.05, 0) is 31.4 Å². The van der Waals surface area contributed by atoms with E-state index in [0.717, 1.165) is 31.6 Å². The molecule has 0 atom stereocenters. The van der Waals surface area contributed by atoms with E-state index in [1.165, 1.54) is 0 Å². The summed E-state index contributed by atoms with van der Waals surface area (Å²) in [6, 6.07) is 1.81. The minimum atomic E-state index is 0.205. The van der Waals surface area contributed by atoms with Crippen LogP contribution < -0.4 is 5.32 Å². The van der Waals surface area contributed by atoms with Crippen molar-refractivity contribution in [1.82, 2.24) is 14.9 Å². The molecule has 18 heavy (non-hydrogen) atoms. The number of aromatic nitrogens is 2. The third-order valence-electron chi connectivity index (χ3n) is 2.93. The topological polar surface area (TPSA) is 58.1 Å². The molecule has 0 bridgehead atoms. The number of aryl methyl sites for hydroxylation is 1. The summed E-state index contributed by atoms with van der Waals surface area (Å²) in [5.41, 5.74) is 0.809. The van der Waals surface area contributed by atoms with Crippen molar-refractivity contribution in [2.45, 2.75) is 26.2 Å². The van der Waals surface area contributed by atoms with Crippen LogP contribution in [0.15, 0.2) is 6.07 Å². The molecule has 1 saturated heterocycles. The molecule has 1 aliphatic rings. The molecule has 0 spiro atoms. The highest BCUT2D eigenvalue weighted by molar-refractivity contribution is 6.28. The van der Waals surface area contributed by atoms with Crippen molar-refractivity contribution < 1.29 is 4.79 Å². The number of carbonyl (C=O) groups is 1. The lowest BCUT2D eigenvalue weighted by Crippen LogP contribution is -2.29. The Morgan fingerprint density at radius 2 is 2.17 bits per heavy atom. The second-order valence-corrected chi connectivity index (χ2v) is 4.77. The molecule has 0 saturated carbocycles. The van der Waals surface area contributed by atoms with E-state index in [9.17, 15) is 4.79 Å². The second-order valence-electron chi connectivity index (χ2n) is 4.43. The van der Waals surface area contributed by atoms with Gasteiger partial charge in [0.25, 0.3) is 0 Å². The number of carbonyl (C=O) groups excluding carboxylic acids is 1. The van der Waals surface area contributed by atoms with Crippen LogP contribution in [0.25, 0.3) is 0 Å². The molecule has 98 valence electrons. The van der Waals surface area contributed by atoms with E-state index in [0.29, 0.717) is 18.8 Å². The summed E-state index contributed by atoms with van der Waals surface area (Å²) in [6.45, 7) is 4.23. The predicted molar refractivity (Wildman–Crippen MR) is 70.7 cm³/mol. The van der Waals surface area contributed by atoms with Crippen molar-refractivity contribution in [3.8, 4) is 0 Å². The maximum Gasteiger partial charge on any atom is 0.224 e. The SMILES string of the molecule is Cc1cc(NCCC(=O)N2CCCC2)nc(Cl)n1. The van der Waals surface area contributed by atoms with Crippen LogP contribution >= 0.6 is 11.6 Å². The van der Waals surface area contributed by atoms with Crippen molar-refractivity contribution in [2.24, 2.45) is 0 Å². The van der Waals surface area contributed by atoms with Crippen LogP contribution in [0.5, 0.6) is 0 Å². The number of likely N-dealkylation sites (tertiary alicyclic amines) is 1. The van der Waals surface area contributed by atoms with Crippen LogP contribution in [0.3, 0.4) is 0 Å². The maximum atomic E-state index is 11.8. The molecule has 6 heteroatoms. The first kappa shape index (κ1) is 13.1. The number of halogens is 1. The molecule has 2 rings (SSSR count). The molecular weight excluding hydrogens is 252 g/mol. The fourth-order valence-corrected chi connectivity index (χ4v) is 2.27. The molecule has 0 radical (unpaired) electrons. The average Bonchev–Trinajstić information content (AvgIpc) is 2.80. The monoisotopic (exact) mass is 268 g/mol. The Hall–Kier alpha value is -1.36. The molecule has 1 aromatic rings. The van der Waals surface area contributed by atoms with Crippen molar-refractivity contribution in [2.75, 3.05) is 25.0 Å². The fraction of sp³-hybridized carbons (Fsp3) is 0.583. The average molecular weight is 269 g/mol. The molecule has 0 aliphatic carbocycles. The fourth-order valence-electron chi connectivity index (χ4n) is 2.05. The summed E-state index contributed by atoms with van der Waals surface area (Å²) in [7, 11) is 0. The standard InChI is InChI=1S/C12H17ClN4O/c1-9-8-10(16-12(13)15-9)14-5-4-11(18)17-6-2-3-7-17/h8H,2-7H2,1H3,(H,14,15,16). The van der Waals surface area contributed by atoms with E-state index >= 15 is 0 Å². The summed E-state index contributed by atoms with van der Waals surface area (Å²) in [5.74, 6) is 0.874. The lowest BCUT2D eigenvalue weighted by Gasteiger charge is -2.15. The first-order chi connectivity index (χ1) is 8.65. The van der Waals surface area contributed by atoms with Gasteiger partial charge in [0.2, 0.25) is 11.2 Å². The van der Waals surface area contributed by atoms with E-state index in [1.54, 1.807) is 0 Å². The summed E-state index contributed by atoms with van der Waals surface area (Å²) < 4.78 is 0. The molecule has 1 fully saturated rings. The van der Waals surface area contributed by atoms with Crippen molar-refractivity contribution in [3.05, 3.63) is 17.0 Å². The Kier molecular flexibility index (Phi) is 4.36. The van der Waals surface area contributed by atoms with Crippen LogP contribution in [-0.2, 0) is 4.79 Å². The normalized spacial score (nSPS) is 14.9. The highest BCUT2D eigenvalue weighted by Gasteiger charge is 2.16. The molecule has 0 unspecified atom stereocenters. The smallest absolute Gasteiger partial charge is 0.224 e. The minimum Gasteiger partial charge on any atom is -0.369 e. The van der Waals surface area contributed by atoms with Gasteiger partial charge in [0.1, 0.15) is 5.82 Å². The largest absolute Gasteiger partial charge is 0.369 e. The zero-order valence-corrected chi connectivity index (χ0v) is 11.2. The second kappa shape index (κ2) is 6.00. The van der Waals surface area contributed by atoms with Gasteiger partial charge in [-0.15, -0.1) is 0 Å². The molecule has 1 amide bonds. The Balaban J connectivity index is 1.79. The number of anilines is 1. The van der Waals surface area contributed by atoms with Crippen LogP contribution in [-0.4, -0.2) is 40.4 Å². The Morgan fingerprint density at radius 3 is 2.83 bits per heavy atom. The molecule has 1 N–H and O–H groups in total. The predicted octanol–water partition coefficient (Wildman–Crippen LogP) is 1.86. The number of rotatable bonds is 4. The number of nitrogens with zero attached hydrogens (tertiary/aromatic N) is 3. The summed E-state index contributed by atoms with van der Waals surface area (Å²) in [6.07, 6.45) is 2.74. The Labute approximate surface area is 112 Å². The van der Waals surface area contributed by atoms with Crippen molar-refractivity contribution >= 4 is 23.3 Å². The molecular formula is C12H17ClN4O. The van der Waals surface area contributed by atoms with Crippen LogP contribution in [0.4, 0.5) is 5.82 Å². The van der Waals surface area contributed by atoms with Gasteiger partial charge in [0, 0.05) is 37.8 Å². The van der Waals surface area contributed by atoms with Gasteiger partial charge in [0.15, 0.2) is 0 Å². The van der Waals surface area contributed by atoms with Crippen LogP contribution in [0, 0.1) is 6.92 Å². The van der Waals surface area contributed by atoms with Crippen molar-refractivity contribution in [1.29, 1.82) is 0 Å². The number of hydrogen-bond acceptors (Lipinski definition) is 4. The molecule has 1 aromatic heterocycles. The third kappa shape index (κ3) is 3.57. The van der Waals surface area contributed by atoms with Crippen LogP contribution in [0.1, 0.15) is 25.0 Å². The van der Waals surface area contributed by atoms with Gasteiger partial charge in [-0.3, -0.25) is 4.79 Å². The maximum absolute atomic E-state index is 11.8. The molecule has 2 heterocycles. The molecule has 5 nitrogen and oxygen atoms in total. The van der Waals surface area contributed by atoms with Gasteiger partial charge in [-0.25, -0.2) is 9.97 Å². The van der Waals surface area contributed by atoms with Gasteiger partial charge in [-0.1, -0.05) is 0 Å². The summed E-state index contributed by atoms with van der Waals surface area (Å²) in [5, 5.41) is 3.32. The van der Waals surface area contributed by atoms with E-state index in [4.69, 9.17) is 11.6 Å². The zero-order valence-electron chi connectivity index (χ0n) is 10.4. The van der Waals surface area contributed by atoms with Gasteiger partial charge >= 0.3 is 0 Å². The van der Waals surface area contributed by atoms with E-state index in [1.807, 2.05) is 17.9 Å². The number of amides is 1. The van der Waals surface area contributed by atoms with Crippen LogP contribution in [0.2, 0.25) is 5.28 Å². The number of hydrogen-bond donors (Lipinski definition) is 1. The first-order valence-electron chi connectivity index (χ1n) is 6.18. The number of nitrogens with one attached hydrogen (secondary N) is 1. The highest BCUT2D eigenvalue weighted by Crippen LogP contribution is 2.11.